The van der Waals surface area contributed by atoms with Crippen molar-refractivity contribution >= 4 is 11.6 Å². The molecule has 0 fully saturated rings. The van der Waals surface area contributed by atoms with Gasteiger partial charge in [-0.3, -0.25) is 4.79 Å². The van der Waals surface area contributed by atoms with E-state index in [-0.39, 0.29) is 5.56 Å². The quantitative estimate of drug-likeness (QED) is 0.882. The molecular formula is C15H17FN2O2. The van der Waals surface area contributed by atoms with Gasteiger partial charge in [0.05, 0.1) is 6.54 Å². The van der Waals surface area contributed by atoms with Crippen molar-refractivity contribution in [2.75, 3.05) is 5.32 Å². The fourth-order valence-corrected chi connectivity index (χ4v) is 1.89. The number of benzene rings is 1. The molecule has 0 saturated carbocycles. The van der Waals surface area contributed by atoms with Crippen molar-refractivity contribution in [1.29, 1.82) is 0 Å². The van der Waals surface area contributed by atoms with Crippen molar-refractivity contribution in [2.45, 2.75) is 26.8 Å². The Kier molecular flexibility index (Phi) is 4.08. The van der Waals surface area contributed by atoms with E-state index >= 15 is 0 Å². The summed E-state index contributed by atoms with van der Waals surface area (Å²) in [5.41, 5.74) is 6.30. The number of primary amides is 1. The molecule has 4 nitrogen and oxygen atoms in total. The summed E-state index contributed by atoms with van der Waals surface area (Å²) in [4.78, 5) is 11.1. The van der Waals surface area contributed by atoms with Crippen LogP contribution in [0.5, 0.6) is 0 Å². The molecule has 0 spiro atoms. The van der Waals surface area contributed by atoms with Crippen LogP contribution in [0.15, 0.2) is 28.7 Å². The predicted molar refractivity (Wildman–Crippen MR) is 75.1 cm³/mol. The van der Waals surface area contributed by atoms with E-state index < -0.39 is 11.7 Å². The number of aryl methyl sites for hydroxylation is 1. The number of halogens is 1. The maximum Gasteiger partial charge on any atom is 0.248 e. The molecule has 0 aliphatic heterocycles. The molecule has 5 heteroatoms. The molecule has 2 rings (SSSR count). The van der Waals surface area contributed by atoms with Gasteiger partial charge in [-0.1, -0.05) is 6.92 Å². The minimum Gasteiger partial charge on any atom is -0.464 e. The number of hydrogen-bond donors (Lipinski definition) is 2. The monoisotopic (exact) mass is 276 g/mol. The minimum absolute atomic E-state index is 0.143. The average Bonchev–Trinajstić information content (AvgIpc) is 2.88. The summed E-state index contributed by atoms with van der Waals surface area (Å²) in [7, 11) is 0. The molecular weight excluding hydrogens is 259 g/mol. The van der Waals surface area contributed by atoms with Gasteiger partial charge in [0.25, 0.3) is 0 Å². The number of nitrogens with one attached hydrogen (secondary N) is 1. The Morgan fingerprint density at radius 3 is 2.65 bits per heavy atom. The molecule has 1 heterocycles. The molecule has 0 aliphatic carbocycles. The second kappa shape index (κ2) is 5.77. The van der Waals surface area contributed by atoms with E-state index in [0.717, 1.165) is 24.0 Å². The van der Waals surface area contributed by atoms with Gasteiger partial charge >= 0.3 is 0 Å². The molecule has 1 aromatic carbocycles. The molecule has 20 heavy (non-hydrogen) atoms. The summed E-state index contributed by atoms with van der Waals surface area (Å²) in [6.07, 6.45) is 0.824. The Balaban J connectivity index is 2.18. The lowest BCUT2D eigenvalue weighted by atomic mass is 10.1. The molecule has 0 saturated heterocycles. The van der Waals surface area contributed by atoms with Crippen molar-refractivity contribution < 1.29 is 13.6 Å². The Labute approximate surface area is 116 Å². The molecule has 106 valence electrons. The lowest BCUT2D eigenvalue weighted by Crippen LogP contribution is -2.13. The van der Waals surface area contributed by atoms with Gasteiger partial charge in [0.1, 0.15) is 17.3 Å². The van der Waals surface area contributed by atoms with Crippen molar-refractivity contribution in [1.82, 2.24) is 0 Å². The molecule has 1 aromatic heterocycles. The number of amides is 1. The summed E-state index contributed by atoms with van der Waals surface area (Å²) in [5.74, 6) is 0.539. The zero-order valence-electron chi connectivity index (χ0n) is 11.5. The van der Waals surface area contributed by atoms with E-state index in [1.807, 2.05) is 19.1 Å². The summed E-state index contributed by atoms with van der Waals surface area (Å²) in [6.45, 7) is 4.07. The Hall–Kier alpha value is -2.30. The van der Waals surface area contributed by atoms with Crippen LogP contribution in [-0.2, 0) is 13.0 Å². The highest BCUT2D eigenvalue weighted by Crippen LogP contribution is 2.21. The standard InChI is InChI=1S/C15H17FN2O2/c1-3-11-4-5-12(20-11)8-18-14-7-10(15(17)19)6-13(16)9(14)2/h4-7,18H,3,8H2,1-2H3,(H2,17,19). The van der Waals surface area contributed by atoms with E-state index in [1.165, 1.54) is 0 Å². The predicted octanol–water partition coefficient (Wildman–Crippen LogP) is 3.00. The Bertz CT molecular complexity index is 635. The second-order valence-electron chi connectivity index (χ2n) is 4.57. The van der Waals surface area contributed by atoms with Gasteiger partial charge < -0.3 is 15.5 Å². The number of carbonyl (C=O) groups is 1. The molecule has 0 unspecified atom stereocenters. The third-order valence-electron chi connectivity index (χ3n) is 3.15. The molecule has 1 amide bonds. The van der Waals surface area contributed by atoms with Gasteiger partial charge in [-0.2, -0.15) is 0 Å². The molecule has 3 N–H and O–H groups in total. The highest BCUT2D eigenvalue weighted by atomic mass is 19.1. The third-order valence-corrected chi connectivity index (χ3v) is 3.15. The van der Waals surface area contributed by atoms with Gasteiger partial charge in [0.15, 0.2) is 0 Å². The van der Waals surface area contributed by atoms with Crippen LogP contribution in [-0.4, -0.2) is 5.91 Å². The molecule has 0 atom stereocenters. The van der Waals surface area contributed by atoms with Crippen LogP contribution in [0, 0.1) is 12.7 Å². The number of furan rings is 1. The molecule has 0 bridgehead atoms. The first kappa shape index (κ1) is 14.1. The van der Waals surface area contributed by atoms with Crippen molar-refractivity contribution in [3.63, 3.8) is 0 Å². The zero-order valence-corrected chi connectivity index (χ0v) is 11.5. The third kappa shape index (κ3) is 2.99. The summed E-state index contributed by atoms with van der Waals surface area (Å²) < 4.78 is 19.3. The van der Waals surface area contributed by atoms with Crippen LogP contribution < -0.4 is 11.1 Å². The van der Waals surface area contributed by atoms with Crippen LogP contribution in [0.2, 0.25) is 0 Å². The van der Waals surface area contributed by atoms with Crippen LogP contribution in [0.4, 0.5) is 10.1 Å². The van der Waals surface area contributed by atoms with Crippen molar-refractivity contribution in [3.8, 4) is 0 Å². The topological polar surface area (TPSA) is 68.3 Å². The molecule has 0 aliphatic rings. The fraction of sp³-hybridized carbons (Fsp3) is 0.267. The Morgan fingerprint density at radius 1 is 1.35 bits per heavy atom. The first-order chi connectivity index (χ1) is 9.51. The summed E-state index contributed by atoms with van der Waals surface area (Å²) >= 11 is 0. The number of hydrogen-bond acceptors (Lipinski definition) is 3. The van der Waals surface area contributed by atoms with Crippen molar-refractivity contribution in [2.24, 2.45) is 5.73 Å². The smallest absolute Gasteiger partial charge is 0.248 e. The normalized spacial score (nSPS) is 10.6. The second-order valence-corrected chi connectivity index (χ2v) is 4.57. The SMILES string of the molecule is CCc1ccc(CNc2cc(C(N)=O)cc(F)c2C)o1. The van der Waals surface area contributed by atoms with Crippen LogP contribution in [0.3, 0.4) is 0 Å². The fourth-order valence-electron chi connectivity index (χ4n) is 1.89. The highest BCUT2D eigenvalue weighted by molar-refractivity contribution is 5.94. The first-order valence-electron chi connectivity index (χ1n) is 6.42. The zero-order chi connectivity index (χ0) is 14.7. The number of nitrogens with two attached hydrogens (primary N) is 1. The van der Waals surface area contributed by atoms with Gasteiger partial charge in [0, 0.05) is 23.2 Å². The first-order valence-corrected chi connectivity index (χ1v) is 6.42. The van der Waals surface area contributed by atoms with Crippen LogP contribution in [0.25, 0.3) is 0 Å². The van der Waals surface area contributed by atoms with Crippen molar-refractivity contribution in [3.05, 3.63) is 52.7 Å². The average molecular weight is 276 g/mol. The number of carbonyl (C=O) groups excluding carboxylic acids is 1. The number of anilines is 1. The lowest BCUT2D eigenvalue weighted by Gasteiger charge is -2.10. The van der Waals surface area contributed by atoms with Gasteiger partial charge in [0.2, 0.25) is 5.91 Å². The maximum absolute atomic E-state index is 13.7. The van der Waals surface area contributed by atoms with E-state index in [1.54, 1.807) is 13.0 Å². The largest absolute Gasteiger partial charge is 0.464 e. The maximum atomic E-state index is 13.7. The molecule has 2 aromatic rings. The summed E-state index contributed by atoms with van der Waals surface area (Å²) in [6, 6.07) is 6.47. The lowest BCUT2D eigenvalue weighted by molar-refractivity contribution is 0.1000. The van der Waals surface area contributed by atoms with Gasteiger partial charge in [-0.25, -0.2) is 4.39 Å². The molecule has 0 radical (unpaired) electrons. The van der Waals surface area contributed by atoms with Crippen LogP contribution >= 0.6 is 0 Å². The van der Waals surface area contributed by atoms with Crippen LogP contribution in [0.1, 0.15) is 34.4 Å². The summed E-state index contributed by atoms with van der Waals surface area (Å²) in [5, 5.41) is 3.06. The highest BCUT2D eigenvalue weighted by Gasteiger charge is 2.10. The Morgan fingerprint density at radius 2 is 2.05 bits per heavy atom. The van der Waals surface area contributed by atoms with Gasteiger partial charge in [-0.15, -0.1) is 0 Å². The minimum atomic E-state index is -0.654. The van der Waals surface area contributed by atoms with E-state index in [0.29, 0.717) is 17.8 Å². The van der Waals surface area contributed by atoms with E-state index in [2.05, 4.69) is 5.32 Å². The van der Waals surface area contributed by atoms with Gasteiger partial charge in [-0.05, 0) is 31.2 Å². The number of rotatable bonds is 5. The van der Waals surface area contributed by atoms with E-state index in [9.17, 15) is 9.18 Å². The van der Waals surface area contributed by atoms with E-state index in [4.69, 9.17) is 10.2 Å².